The minimum Gasteiger partial charge on any atom is -0.384 e. The zero-order valence-electron chi connectivity index (χ0n) is 10.4. The molecular formula is C12H12BrN5OS. The minimum atomic E-state index is -0.184. The molecule has 1 aromatic carbocycles. The van der Waals surface area contributed by atoms with Crippen LogP contribution in [0.15, 0.2) is 37.5 Å². The summed E-state index contributed by atoms with van der Waals surface area (Å²) in [5.74, 6) is -0.00958. The number of H-pyrrole nitrogens is 1. The molecule has 4 N–H and O–H groups in total. The highest BCUT2D eigenvalue weighted by Gasteiger charge is 2.29. The van der Waals surface area contributed by atoms with Crippen LogP contribution in [0.4, 0.5) is 0 Å². The number of nitrogens with zero attached hydrogens (tertiary/aromatic N) is 2. The van der Waals surface area contributed by atoms with E-state index in [1.54, 1.807) is 10.6 Å². The second kappa shape index (κ2) is 5.10. The van der Waals surface area contributed by atoms with Gasteiger partial charge >= 0.3 is 5.69 Å². The first-order valence-electron chi connectivity index (χ1n) is 6.05. The zero-order chi connectivity index (χ0) is 14.3. The summed E-state index contributed by atoms with van der Waals surface area (Å²) < 4.78 is 2.53. The quantitative estimate of drug-likeness (QED) is 0.578. The number of nitrogen functional groups attached to an aromatic ring is 1. The normalized spacial score (nSPS) is 14.4. The predicted octanol–water partition coefficient (Wildman–Crippen LogP) is 2.10. The number of rotatable bonds is 4. The van der Waals surface area contributed by atoms with Gasteiger partial charge < -0.3 is 5.73 Å². The third kappa shape index (κ3) is 2.53. The van der Waals surface area contributed by atoms with E-state index in [1.165, 1.54) is 11.8 Å². The highest BCUT2D eigenvalue weighted by atomic mass is 79.9. The molecule has 1 saturated carbocycles. The van der Waals surface area contributed by atoms with E-state index in [0.717, 1.165) is 22.2 Å². The van der Waals surface area contributed by atoms with Gasteiger partial charge in [0.25, 0.3) is 0 Å². The fourth-order valence-corrected chi connectivity index (χ4v) is 3.31. The lowest BCUT2D eigenvalue weighted by Gasteiger charge is -2.08. The van der Waals surface area contributed by atoms with Gasteiger partial charge in [0, 0.05) is 21.0 Å². The summed E-state index contributed by atoms with van der Waals surface area (Å²) in [6.45, 7) is 0. The van der Waals surface area contributed by atoms with Crippen LogP contribution in [0.5, 0.6) is 0 Å². The lowest BCUT2D eigenvalue weighted by Crippen LogP contribution is -2.16. The lowest BCUT2D eigenvalue weighted by atomic mass is 10.2. The molecule has 1 fully saturated rings. The Labute approximate surface area is 127 Å². The van der Waals surface area contributed by atoms with Gasteiger partial charge in [-0.05, 0) is 42.8 Å². The van der Waals surface area contributed by atoms with Crippen LogP contribution >= 0.6 is 27.7 Å². The number of benzene rings is 1. The van der Waals surface area contributed by atoms with E-state index in [0.29, 0.717) is 10.7 Å². The average Bonchev–Trinajstić information content (AvgIpc) is 3.17. The summed E-state index contributed by atoms with van der Waals surface area (Å²) in [6.07, 6.45) is 2.01. The predicted molar refractivity (Wildman–Crippen MR) is 80.4 cm³/mol. The van der Waals surface area contributed by atoms with Gasteiger partial charge in [-0.2, -0.15) is 0 Å². The molecule has 0 bridgehead atoms. The zero-order valence-corrected chi connectivity index (χ0v) is 12.8. The van der Waals surface area contributed by atoms with Crippen LogP contribution < -0.4 is 11.4 Å². The number of hydrogen-bond donors (Lipinski definition) is 3. The smallest absolute Gasteiger partial charge is 0.344 e. The number of nitrogens with two attached hydrogens (primary N) is 1. The first-order valence-corrected chi connectivity index (χ1v) is 7.66. The molecule has 8 heteroatoms. The van der Waals surface area contributed by atoms with Gasteiger partial charge in [-0.1, -0.05) is 15.9 Å². The molecule has 1 aromatic heterocycles. The lowest BCUT2D eigenvalue weighted by molar-refractivity contribution is 0.642. The Morgan fingerprint density at radius 2 is 2.30 bits per heavy atom. The monoisotopic (exact) mass is 353 g/mol. The third-order valence-corrected chi connectivity index (χ3v) is 4.56. The fourth-order valence-electron chi connectivity index (χ4n) is 1.92. The van der Waals surface area contributed by atoms with Crippen molar-refractivity contribution in [3.8, 4) is 0 Å². The summed E-state index contributed by atoms with van der Waals surface area (Å²) in [5.41, 5.74) is 6.05. The summed E-state index contributed by atoms with van der Waals surface area (Å²) in [7, 11) is 0. The van der Waals surface area contributed by atoms with Crippen molar-refractivity contribution in [1.29, 1.82) is 5.41 Å². The van der Waals surface area contributed by atoms with Crippen LogP contribution in [-0.2, 0) is 0 Å². The Morgan fingerprint density at radius 1 is 1.55 bits per heavy atom. The van der Waals surface area contributed by atoms with Gasteiger partial charge in [0.15, 0.2) is 5.16 Å². The number of amidine groups is 1. The molecule has 0 unspecified atom stereocenters. The maximum absolute atomic E-state index is 11.7. The van der Waals surface area contributed by atoms with Crippen LogP contribution in [-0.4, -0.2) is 20.6 Å². The van der Waals surface area contributed by atoms with Crippen LogP contribution in [0.25, 0.3) is 0 Å². The number of halogens is 1. The molecule has 1 heterocycles. The van der Waals surface area contributed by atoms with Gasteiger partial charge in [0.05, 0.1) is 0 Å². The van der Waals surface area contributed by atoms with Crippen molar-refractivity contribution in [3.05, 3.63) is 38.7 Å². The van der Waals surface area contributed by atoms with Gasteiger partial charge in [-0.3, -0.25) is 9.98 Å². The number of aromatic amines is 1. The van der Waals surface area contributed by atoms with Crippen molar-refractivity contribution >= 4 is 33.5 Å². The highest BCUT2D eigenvalue weighted by Crippen LogP contribution is 2.38. The Hall–Kier alpha value is -1.54. The standard InChI is InChI=1S/C12H12BrN5OS/c13-6-1-4-9(8(5-6)10(14)15)20-12-17-16-11(19)18(12)7-2-3-7/h1,4-5,7H,2-3H2,(H3,14,15)(H,16,19). The molecule has 20 heavy (non-hydrogen) atoms. The highest BCUT2D eigenvalue weighted by molar-refractivity contribution is 9.10. The average molecular weight is 354 g/mol. The van der Waals surface area contributed by atoms with E-state index < -0.39 is 0 Å². The largest absolute Gasteiger partial charge is 0.384 e. The molecule has 0 aliphatic heterocycles. The summed E-state index contributed by atoms with van der Waals surface area (Å²) in [4.78, 5) is 12.5. The van der Waals surface area contributed by atoms with Crippen molar-refractivity contribution in [2.75, 3.05) is 0 Å². The van der Waals surface area contributed by atoms with Crippen molar-refractivity contribution in [3.63, 3.8) is 0 Å². The molecule has 3 rings (SSSR count). The van der Waals surface area contributed by atoms with Gasteiger partial charge in [-0.15, -0.1) is 5.10 Å². The Bertz CT molecular complexity index is 734. The maximum atomic E-state index is 11.7. The topological polar surface area (TPSA) is 101 Å². The summed E-state index contributed by atoms with van der Waals surface area (Å²) in [5, 5.41) is 14.8. The first-order chi connectivity index (χ1) is 9.56. The second-order valence-corrected chi connectivity index (χ2v) is 6.49. The van der Waals surface area contributed by atoms with E-state index >= 15 is 0 Å². The number of aromatic nitrogens is 3. The van der Waals surface area contributed by atoms with Crippen molar-refractivity contribution in [2.45, 2.75) is 28.9 Å². The molecule has 2 aromatic rings. The first kappa shape index (κ1) is 13.4. The molecule has 6 nitrogen and oxygen atoms in total. The Kier molecular flexibility index (Phi) is 3.43. The summed E-state index contributed by atoms with van der Waals surface area (Å²) in [6, 6.07) is 5.78. The molecule has 0 saturated heterocycles. The number of nitrogens with one attached hydrogen (secondary N) is 2. The van der Waals surface area contributed by atoms with E-state index in [1.807, 2.05) is 12.1 Å². The Balaban J connectivity index is 1.99. The van der Waals surface area contributed by atoms with Gasteiger partial charge in [-0.25, -0.2) is 9.89 Å². The van der Waals surface area contributed by atoms with Crippen molar-refractivity contribution in [1.82, 2.24) is 14.8 Å². The maximum Gasteiger partial charge on any atom is 0.344 e. The fraction of sp³-hybridized carbons (Fsp3) is 0.250. The van der Waals surface area contributed by atoms with E-state index in [4.69, 9.17) is 11.1 Å². The van der Waals surface area contributed by atoms with Crippen LogP contribution in [0.1, 0.15) is 24.4 Å². The molecule has 1 aliphatic rings. The van der Waals surface area contributed by atoms with Crippen LogP contribution in [0, 0.1) is 5.41 Å². The van der Waals surface area contributed by atoms with Crippen LogP contribution in [0.3, 0.4) is 0 Å². The van der Waals surface area contributed by atoms with Gasteiger partial charge in [0.2, 0.25) is 0 Å². The van der Waals surface area contributed by atoms with Gasteiger partial charge in [0.1, 0.15) is 5.84 Å². The van der Waals surface area contributed by atoms with E-state index in [-0.39, 0.29) is 17.6 Å². The second-order valence-electron chi connectivity index (χ2n) is 4.57. The Morgan fingerprint density at radius 3 is 2.95 bits per heavy atom. The molecule has 0 spiro atoms. The molecule has 0 atom stereocenters. The molecular weight excluding hydrogens is 342 g/mol. The van der Waals surface area contributed by atoms with Crippen LogP contribution in [0.2, 0.25) is 0 Å². The van der Waals surface area contributed by atoms with E-state index in [9.17, 15) is 4.79 Å². The molecule has 104 valence electrons. The summed E-state index contributed by atoms with van der Waals surface area (Å²) >= 11 is 4.71. The SMILES string of the molecule is N=C(N)c1cc(Br)ccc1Sc1n[nH]c(=O)n1C1CC1. The molecule has 0 radical (unpaired) electrons. The molecule has 1 aliphatic carbocycles. The minimum absolute atomic E-state index is 0.00958. The third-order valence-electron chi connectivity index (χ3n) is 3.02. The molecule has 0 amide bonds. The van der Waals surface area contributed by atoms with Crippen molar-refractivity contribution < 1.29 is 0 Å². The van der Waals surface area contributed by atoms with E-state index in [2.05, 4.69) is 26.1 Å². The van der Waals surface area contributed by atoms with Crippen molar-refractivity contribution in [2.24, 2.45) is 5.73 Å². The number of hydrogen-bond acceptors (Lipinski definition) is 4.